The Kier molecular flexibility index (Phi) is 9.09. The van der Waals surface area contributed by atoms with Crippen molar-refractivity contribution < 1.29 is 57.9 Å². The maximum absolute atomic E-state index is 14.6. The molecule has 3 heterocycles. The molecule has 2 aliphatic heterocycles. The number of para-hydroxylation sites is 2. The lowest BCUT2D eigenvalue weighted by Gasteiger charge is -2.36. The van der Waals surface area contributed by atoms with Gasteiger partial charge in [0.15, 0.2) is 29.3 Å². The predicted octanol–water partition coefficient (Wildman–Crippen LogP) is 5.05. The highest BCUT2D eigenvalue weighted by Gasteiger charge is 2.64. The van der Waals surface area contributed by atoms with E-state index in [-0.39, 0.29) is 13.3 Å². The first-order valence-corrected chi connectivity index (χ1v) is 16.3. The summed E-state index contributed by atoms with van der Waals surface area (Å²) in [6.45, 7) is 1.71. The third-order valence-corrected chi connectivity index (χ3v) is 9.22. The van der Waals surface area contributed by atoms with Gasteiger partial charge in [-0.25, -0.2) is 19.4 Å². The molecule has 0 radical (unpaired) electrons. The number of oxazole rings is 1. The van der Waals surface area contributed by atoms with Crippen LogP contribution in [-0.2, 0) is 35.2 Å². The van der Waals surface area contributed by atoms with Crippen molar-refractivity contribution in [3.63, 3.8) is 0 Å². The molecule has 5 aromatic rings. The van der Waals surface area contributed by atoms with Crippen molar-refractivity contribution in [2.45, 2.75) is 49.8 Å². The van der Waals surface area contributed by atoms with E-state index in [2.05, 4.69) is 4.98 Å². The standard InChI is InChI=1S/C38H32N2O12/c1-21(26(25-15-16-29-30(18-25)49-20-48-29)9-6-12-31-39-27-10-4-5-11-28(27)50-31)40(19-22-13-14-23-7-2-3-8-24(23)17-22)34(41)32-33(35(42)43)52-38(51-32,36(44)45)37(46)47/h2-8,10-18,21,26,32-33H,9,19-20H2,1H3,(H,42,43)(H,44,45)(H,46,47)/b12-6+/t21-,26-,32-,33-/m0/s1. The maximum Gasteiger partial charge on any atom is 0.377 e. The van der Waals surface area contributed by atoms with Gasteiger partial charge in [0, 0.05) is 18.5 Å². The minimum atomic E-state index is -3.42. The molecule has 52 heavy (non-hydrogen) atoms. The lowest BCUT2D eigenvalue weighted by Crippen LogP contribution is -2.51. The number of rotatable bonds is 12. The maximum atomic E-state index is 14.6. The number of hydrogen-bond acceptors (Lipinski definition) is 10. The summed E-state index contributed by atoms with van der Waals surface area (Å²) in [7, 11) is 0. The van der Waals surface area contributed by atoms with Crippen LogP contribution in [0.15, 0.2) is 95.4 Å². The zero-order valence-electron chi connectivity index (χ0n) is 27.6. The number of aromatic nitrogens is 1. The van der Waals surface area contributed by atoms with E-state index in [1.165, 1.54) is 4.90 Å². The second-order valence-electron chi connectivity index (χ2n) is 12.4. The van der Waals surface area contributed by atoms with Crippen molar-refractivity contribution in [2.75, 3.05) is 6.79 Å². The first-order valence-electron chi connectivity index (χ1n) is 16.3. The Hall–Kier alpha value is -6.25. The number of benzene rings is 4. The summed E-state index contributed by atoms with van der Waals surface area (Å²) in [5.41, 5.74) is 2.69. The van der Waals surface area contributed by atoms with Gasteiger partial charge in [-0.15, -0.1) is 0 Å². The third kappa shape index (κ3) is 6.40. The molecule has 0 unspecified atom stereocenters. The number of carboxylic acid groups (broad SMARTS) is 3. The van der Waals surface area contributed by atoms with E-state index in [4.69, 9.17) is 23.4 Å². The highest BCUT2D eigenvalue weighted by atomic mass is 16.8. The van der Waals surface area contributed by atoms with E-state index in [0.717, 1.165) is 16.3 Å². The van der Waals surface area contributed by atoms with Crippen LogP contribution >= 0.6 is 0 Å². The molecule has 0 saturated carbocycles. The van der Waals surface area contributed by atoms with Crippen molar-refractivity contribution in [3.05, 3.63) is 108 Å². The molecule has 266 valence electrons. The highest BCUT2D eigenvalue weighted by Crippen LogP contribution is 2.39. The number of hydrogen-bond donors (Lipinski definition) is 3. The quantitative estimate of drug-likeness (QED) is 0.146. The molecule has 4 aromatic carbocycles. The van der Waals surface area contributed by atoms with E-state index in [1.54, 1.807) is 31.2 Å². The van der Waals surface area contributed by atoms with Crippen LogP contribution in [0, 0.1) is 0 Å². The summed E-state index contributed by atoms with van der Waals surface area (Å²) >= 11 is 0. The van der Waals surface area contributed by atoms with Gasteiger partial charge in [0.05, 0.1) is 0 Å². The van der Waals surface area contributed by atoms with Gasteiger partial charge in [-0.1, -0.05) is 60.7 Å². The number of carbonyl (C=O) groups is 4. The lowest BCUT2D eigenvalue weighted by atomic mass is 9.87. The predicted molar refractivity (Wildman–Crippen MR) is 182 cm³/mol. The number of fused-ring (bicyclic) bond motifs is 3. The van der Waals surface area contributed by atoms with Crippen LogP contribution in [0.3, 0.4) is 0 Å². The molecule has 3 N–H and O–H groups in total. The van der Waals surface area contributed by atoms with Gasteiger partial charge in [-0.2, -0.15) is 0 Å². The highest BCUT2D eigenvalue weighted by molar-refractivity contribution is 6.02. The molecule has 1 aromatic heterocycles. The minimum absolute atomic E-state index is 0.0354. The number of carboxylic acids is 3. The van der Waals surface area contributed by atoms with Gasteiger partial charge in [-0.05, 0) is 71.7 Å². The normalized spacial score (nSPS) is 18.8. The Morgan fingerprint density at radius 1 is 0.865 bits per heavy atom. The average Bonchev–Trinajstić information content (AvgIpc) is 3.89. The van der Waals surface area contributed by atoms with Crippen LogP contribution in [0.25, 0.3) is 27.9 Å². The van der Waals surface area contributed by atoms with Crippen LogP contribution in [-0.4, -0.2) is 79.8 Å². The van der Waals surface area contributed by atoms with Crippen LogP contribution < -0.4 is 9.47 Å². The fourth-order valence-electron chi connectivity index (χ4n) is 6.53. The van der Waals surface area contributed by atoms with Crippen LogP contribution in [0.2, 0.25) is 0 Å². The average molecular weight is 709 g/mol. The Balaban J connectivity index is 1.29. The van der Waals surface area contributed by atoms with Crippen molar-refractivity contribution in [2.24, 2.45) is 0 Å². The molecule has 0 spiro atoms. The summed E-state index contributed by atoms with van der Waals surface area (Å²) in [6.07, 6.45) is -0.511. The number of ether oxygens (including phenoxy) is 4. The van der Waals surface area contributed by atoms with E-state index >= 15 is 0 Å². The SMILES string of the molecule is C[C@@H]([C@H](C/C=C/c1nc2ccccc2o1)c1ccc2c(c1)OCO2)N(Cc1ccc2ccccc2c1)C(=O)[C@H]1OC(C(=O)O)(C(=O)O)O[C@@H]1C(=O)O. The fourth-order valence-corrected chi connectivity index (χ4v) is 6.53. The summed E-state index contributed by atoms with van der Waals surface area (Å²) in [6, 6.07) is 25.1. The minimum Gasteiger partial charge on any atom is -0.479 e. The zero-order chi connectivity index (χ0) is 36.6. The van der Waals surface area contributed by atoms with Crippen molar-refractivity contribution in [1.29, 1.82) is 0 Å². The van der Waals surface area contributed by atoms with Crippen molar-refractivity contribution in [1.82, 2.24) is 9.88 Å². The van der Waals surface area contributed by atoms with Crippen LogP contribution in [0.4, 0.5) is 0 Å². The largest absolute Gasteiger partial charge is 0.479 e. The smallest absolute Gasteiger partial charge is 0.377 e. The topological polar surface area (TPSA) is 195 Å². The molecule has 4 atom stereocenters. The van der Waals surface area contributed by atoms with Gasteiger partial charge < -0.3 is 43.6 Å². The van der Waals surface area contributed by atoms with Crippen molar-refractivity contribution in [3.8, 4) is 11.5 Å². The molecule has 0 bridgehead atoms. The van der Waals surface area contributed by atoms with Crippen LogP contribution in [0.1, 0.15) is 36.3 Å². The number of carbonyl (C=O) groups excluding carboxylic acids is 1. The molecule has 1 fully saturated rings. The molecule has 7 rings (SSSR count). The van der Waals surface area contributed by atoms with Gasteiger partial charge in [0.25, 0.3) is 5.91 Å². The molecular weight excluding hydrogens is 676 g/mol. The second-order valence-corrected chi connectivity index (χ2v) is 12.4. The number of nitrogens with zero attached hydrogens (tertiary/aromatic N) is 2. The second kappa shape index (κ2) is 13.8. The van der Waals surface area contributed by atoms with Crippen molar-refractivity contribution >= 4 is 51.8 Å². The van der Waals surface area contributed by atoms with Gasteiger partial charge in [-0.3, -0.25) is 4.79 Å². The molecule has 1 saturated heterocycles. The number of amides is 1. The zero-order valence-corrected chi connectivity index (χ0v) is 27.6. The fraction of sp³-hybridized carbons (Fsp3) is 0.237. The third-order valence-electron chi connectivity index (χ3n) is 9.22. The Bertz CT molecular complexity index is 2180. The summed E-state index contributed by atoms with van der Waals surface area (Å²) in [5, 5.41) is 31.4. The van der Waals surface area contributed by atoms with Gasteiger partial charge in [0.1, 0.15) is 5.52 Å². The molecule has 0 aliphatic carbocycles. The molecular formula is C38H32N2O12. The van der Waals surface area contributed by atoms with E-state index in [1.807, 2.05) is 72.8 Å². The molecule has 14 heteroatoms. The molecule has 2 aliphatic rings. The Labute approximate surface area is 295 Å². The first kappa shape index (κ1) is 34.2. The monoisotopic (exact) mass is 708 g/mol. The number of aliphatic carboxylic acids is 3. The Morgan fingerprint density at radius 3 is 2.33 bits per heavy atom. The number of allylic oxidation sites excluding steroid dienone is 1. The summed E-state index contributed by atoms with van der Waals surface area (Å²) in [5.74, 6) is -9.50. The van der Waals surface area contributed by atoms with Crippen LogP contribution in [0.5, 0.6) is 11.5 Å². The van der Waals surface area contributed by atoms with E-state index < -0.39 is 53.8 Å². The van der Waals surface area contributed by atoms with Gasteiger partial charge >= 0.3 is 23.7 Å². The molecule has 14 nitrogen and oxygen atoms in total. The van der Waals surface area contributed by atoms with E-state index in [9.17, 15) is 34.5 Å². The first-order chi connectivity index (χ1) is 25.0. The van der Waals surface area contributed by atoms with E-state index in [0.29, 0.717) is 40.5 Å². The Morgan fingerprint density at radius 2 is 1.58 bits per heavy atom. The van der Waals surface area contributed by atoms with Gasteiger partial charge in [0.2, 0.25) is 12.7 Å². The summed E-state index contributed by atoms with van der Waals surface area (Å²) in [4.78, 5) is 57.0. The lowest BCUT2D eigenvalue weighted by molar-refractivity contribution is -0.221. The molecule has 1 amide bonds. The summed E-state index contributed by atoms with van der Waals surface area (Å²) < 4.78 is 27.3.